The minimum absolute atomic E-state index is 0.0855. The first-order valence-corrected chi connectivity index (χ1v) is 9.49. The fourth-order valence-electron chi connectivity index (χ4n) is 3.62. The number of hydrogen-bond donors (Lipinski definition) is 0. The Morgan fingerprint density at radius 2 is 1.85 bits per heavy atom. The molecule has 1 amide bonds. The molecule has 1 heterocycles. The predicted octanol–water partition coefficient (Wildman–Crippen LogP) is 5.05. The van der Waals surface area contributed by atoms with Crippen LogP contribution in [0.1, 0.15) is 34.5 Å². The second kappa shape index (κ2) is 7.20. The molecule has 0 saturated carbocycles. The average Bonchev–Trinajstić information content (AvgIpc) is 2.72. The molecule has 0 N–H and O–H groups in total. The molecule has 4 rings (SSSR count). The summed E-state index contributed by atoms with van der Waals surface area (Å²) in [5, 5.41) is 1.71. The maximum atomic E-state index is 13.0. The molecule has 1 aliphatic rings. The molecule has 1 aliphatic carbocycles. The molecule has 0 bridgehead atoms. The van der Waals surface area contributed by atoms with Gasteiger partial charge in [-0.25, -0.2) is 0 Å². The Kier molecular flexibility index (Phi) is 4.75. The number of rotatable bonds is 3. The first kappa shape index (κ1) is 17.8. The number of fused-ring (bicyclic) bond motifs is 2. The van der Waals surface area contributed by atoms with Crippen LogP contribution in [0.25, 0.3) is 10.9 Å². The van der Waals surface area contributed by atoms with Crippen molar-refractivity contribution in [3.05, 3.63) is 64.3 Å². The van der Waals surface area contributed by atoms with Crippen LogP contribution in [0.3, 0.4) is 0 Å². The first-order chi connectivity index (χ1) is 13.1. The SMILES string of the molecule is COc1ccc(N(C)C(=O)c2ccc3c(Cl)c4c(nc3c2)CCCC4)cc1. The fourth-order valence-corrected chi connectivity index (χ4v) is 3.98. The quantitative estimate of drug-likeness (QED) is 0.638. The third kappa shape index (κ3) is 3.26. The zero-order chi connectivity index (χ0) is 19.0. The maximum absolute atomic E-state index is 13.0. The highest BCUT2D eigenvalue weighted by atomic mass is 35.5. The first-order valence-electron chi connectivity index (χ1n) is 9.11. The molecule has 0 aliphatic heterocycles. The summed E-state index contributed by atoms with van der Waals surface area (Å²) in [6, 6.07) is 13.0. The van der Waals surface area contributed by atoms with Crippen LogP contribution in [-0.2, 0) is 12.8 Å². The van der Waals surface area contributed by atoms with Gasteiger partial charge in [0.25, 0.3) is 5.91 Å². The Morgan fingerprint density at radius 1 is 1.11 bits per heavy atom. The molecule has 27 heavy (non-hydrogen) atoms. The van der Waals surface area contributed by atoms with E-state index in [1.807, 2.05) is 42.5 Å². The number of ether oxygens (including phenoxy) is 1. The number of benzene rings is 2. The summed E-state index contributed by atoms with van der Waals surface area (Å²) in [6.07, 6.45) is 4.23. The van der Waals surface area contributed by atoms with Crippen molar-refractivity contribution in [2.45, 2.75) is 25.7 Å². The van der Waals surface area contributed by atoms with E-state index in [2.05, 4.69) is 0 Å². The van der Waals surface area contributed by atoms with Crippen LogP contribution >= 0.6 is 11.6 Å². The minimum atomic E-state index is -0.0855. The Hall–Kier alpha value is -2.59. The molecule has 0 spiro atoms. The van der Waals surface area contributed by atoms with Gasteiger partial charge in [0.05, 0.1) is 17.6 Å². The van der Waals surface area contributed by atoms with Crippen LogP contribution in [-0.4, -0.2) is 25.0 Å². The monoisotopic (exact) mass is 380 g/mol. The smallest absolute Gasteiger partial charge is 0.258 e. The molecular formula is C22H21ClN2O2. The van der Waals surface area contributed by atoms with Gasteiger partial charge in [0.15, 0.2) is 0 Å². The minimum Gasteiger partial charge on any atom is -0.497 e. The topological polar surface area (TPSA) is 42.4 Å². The summed E-state index contributed by atoms with van der Waals surface area (Å²) in [4.78, 5) is 19.4. The number of methoxy groups -OCH3 is 1. The summed E-state index contributed by atoms with van der Waals surface area (Å²) in [7, 11) is 3.39. The number of pyridine rings is 1. The van der Waals surface area contributed by atoms with E-state index < -0.39 is 0 Å². The van der Waals surface area contributed by atoms with Crippen LogP contribution in [0.2, 0.25) is 5.02 Å². The lowest BCUT2D eigenvalue weighted by Crippen LogP contribution is -2.26. The van der Waals surface area contributed by atoms with E-state index in [-0.39, 0.29) is 5.91 Å². The number of carbonyl (C=O) groups excluding carboxylic acids is 1. The molecule has 3 aromatic rings. The van der Waals surface area contributed by atoms with E-state index in [4.69, 9.17) is 21.3 Å². The molecule has 0 saturated heterocycles. The van der Waals surface area contributed by atoms with Gasteiger partial charge in [-0.15, -0.1) is 0 Å². The Balaban J connectivity index is 1.69. The largest absolute Gasteiger partial charge is 0.497 e. The van der Waals surface area contributed by atoms with E-state index in [0.29, 0.717) is 5.56 Å². The number of hydrogen-bond acceptors (Lipinski definition) is 3. The van der Waals surface area contributed by atoms with E-state index in [1.165, 1.54) is 5.56 Å². The third-order valence-electron chi connectivity index (χ3n) is 5.20. The molecule has 5 heteroatoms. The number of amides is 1. The predicted molar refractivity (Wildman–Crippen MR) is 109 cm³/mol. The van der Waals surface area contributed by atoms with Crippen molar-refractivity contribution >= 4 is 34.1 Å². The fraction of sp³-hybridized carbons (Fsp3) is 0.273. The van der Waals surface area contributed by atoms with Crippen LogP contribution in [0.5, 0.6) is 5.75 Å². The van der Waals surface area contributed by atoms with Crippen LogP contribution in [0, 0.1) is 0 Å². The molecule has 0 fully saturated rings. The van der Waals surface area contributed by atoms with E-state index in [0.717, 1.165) is 58.7 Å². The van der Waals surface area contributed by atoms with Crippen molar-refractivity contribution in [1.82, 2.24) is 4.98 Å². The van der Waals surface area contributed by atoms with Crippen molar-refractivity contribution < 1.29 is 9.53 Å². The number of aromatic nitrogens is 1. The number of carbonyl (C=O) groups is 1. The van der Waals surface area contributed by atoms with Gasteiger partial charge < -0.3 is 9.64 Å². The van der Waals surface area contributed by atoms with Crippen molar-refractivity contribution in [2.24, 2.45) is 0 Å². The van der Waals surface area contributed by atoms with Gasteiger partial charge in [0.2, 0.25) is 0 Å². The number of anilines is 1. The zero-order valence-corrected chi connectivity index (χ0v) is 16.2. The standard InChI is InChI=1S/C22H21ClN2O2/c1-25(15-8-10-16(27-2)11-9-15)22(26)14-7-12-18-20(13-14)24-19-6-4-3-5-17(19)21(18)23/h7-13H,3-6H2,1-2H3. The van der Waals surface area contributed by atoms with Crippen LogP contribution in [0.15, 0.2) is 42.5 Å². The number of nitrogens with zero attached hydrogens (tertiary/aromatic N) is 2. The Bertz CT molecular complexity index is 1010. The maximum Gasteiger partial charge on any atom is 0.258 e. The average molecular weight is 381 g/mol. The molecule has 0 unspecified atom stereocenters. The third-order valence-corrected chi connectivity index (χ3v) is 5.64. The van der Waals surface area contributed by atoms with Gasteiger partial charge in [-0.05, 0) is 67.6 Å². The lowest BCUT2D eigenvalue weighted by molar-refractivity contribution is 0.0993. The highest BCUT2D eigenvalue weighted by Gasteiger charge is 2.19. The molecule has 4 nitrogen and oxygen atoms in total. The van der Waals surface area contributed by atoms with Gasteiger partial charge in [0.1, 0.15) is 5.75 Å². The zero-order valence-electron chi connectivity index (χ0n) is 15.5. The normalized spacial score (nSPS) is 13.3. The van der Waals surface area contributed by atoms with Crippen LogP contribution < -0.4 is 9.64 Å². The second-order valence-corrected chi connectivity index (χ2v) is 7.23. The molecular weight excluding hydrogens is 360 g/mol. The lowest BCUT2D eigenvalue weighted by atomic mass is 9.94. The molecule has 1 aromatic heterocycles. The number of halogens is 1. The Labute approximate surface area is 163 Å². The van der Waals surface area contributed by atoms with Crippen molar-refractivity contribution in [2.75, 3.05) is 19.1 Å². The molecule has 0 radical (unpaired) electrons. The number of aryl methyl sites for hydroxylation is 1. The molecule has 138 valence electrons. The summed E-state index contributed by atoms with van der Waals surface area (Å²) >= 11 is 6.63. The molecule has 0 atom stereocenters. The second-order valence-electron chi connectivity index (χ2n) is 6.85. The highest BCUT2D eigenvalue weighted by Crippen LogP contribution is 2.33. The van der Waals surface area contributed by atoms with Gasteiger partial charge in [-0.1, -0.05) is 17.7 Å². The van der Waals surface area contributed by atoms with Gasteiger partial charge in [0, 0.05) is 29.4 Å². The van der Waals surface area contributed by atoms with E-state index in [1.54, 1.807) is 19.1 Å². The van der Waals surface area contributed by atoms with Crippen molar-refractivity contribution in [1.29, 1.82) is 0 Å². The van der Waals surface area contributed by atoms with Gasteiger partial charge in [-0.3, -0.25) is 9.78 Å². The summed E-state index contributed by atoms with van der Waals surface area (Å²) in [5.74, 6) is 0.673. The highest BCUT2D eigenvalue weighted by molar-refractivity contribution is 6.36. The van der Waals surface area contributed by atoms with E-state index in [9.17, 15) is 4.79 Å². The summed E-state index contributed by atoms with van der Waals surface area (Å²) < 4.78 is 5.17. The van der Waals surface area contributed by atoms with Crippen LogP contribution in [0.4, 0.5) is 5.69 Å². The van der Waals surface area contributed by atoms with E-state index >= 15 is 0 Å². The summed E-state index contributed by atoms with van der Waals surface area (Å²) in [5.41, 5.74) is 4.43. The lowest BCUT2D eigenvalue weighted by Gasteiger charge is -2.20. The summed E-state index contributed by atoms with van der Waals surface area (Å²) in [6.45, 7) is 0. The van der Waals surface area contributed by atoms with Crippen molar-refractivity contribution in [3.63, 3.8) is 0 Å². The van der Waals surface area contributed by atoms with Gasteiger partial charge >= 0.3 is 0 Å². The molecule has 2 aromatic carbocycles. The Morgan fingerprint density at radius 3 is 2.59 bits per heavy atom. The van der Waals surface area contributed by atoms with Gasteiger partial charge in [-0.2, -0.15) is 0 Å². The van der Waals surface area contributed by atoms with Crippen molar-refractivity contribution in [3.8, 4) is 5.75 Å².